The lowest BCUT2D eigenvalue weighted by Crippen LogP contribution is -2.18. The molecule has 100 valence electrons. The van der Waals surface area contributed by atoms with E-state index in [9.17, 15) is 0 Å². The average molecular weight is 257 g/mol. The fourth-order valence-corrected chi connectivity index (χ4v) is 2.63. The molecule has 0 atom stereocenters. The van der Waals surface area contributed by atoms with E-state index in [1.807, 2.05) is 18.3 Å². The SMILES string of the molecule is CONc1ccc2cc(CN3CCCC3)cnc2c1. The maximum atomic E-state index is 4.90. The molecule has 1 aliphatic rings. The number of likely N-dealkylation sites (tertiary alicyclic amines) is 1. The molecule has 0 aliphatic carbocycles. The van der Waals surface area contributed by atoms with Crippen LogP contribution in [-0.2, 0) is 11.4 Å². The van der Waals surface area contributed by atoms with Crippen LogP contribution in [0.5, 0.6) is 0 Å². The van der Waals surface area contributed by atoms with Crippen LogP contribution in [0.15, 0.2) is 30.5 Å². The van der Waals surface area contributed by atoms with Crippen molar-refractivity contribution in [3.05, 3.63) is 36.0 Å². The Bertz CT molecular complexity index is 564. The molecule has 1 N–H and O–H groups in total. The van der Waals surface area contributed by atoms with E-state index >= 15 is 0 Å². The molecule has 0 bridgehead atoms. The third kappa shape index (κ3) is 2.85. The van der Waals surface area contributed by atoms with Gasteiger partial charge in [-0.25, -0.2) is 0 Å². The normalized spacial score (nSPS) is 16.1. The third-order valence-corrected chi connectivity index (χ3v) is 3.57. The summed E-state index contributed by atoms with van der Waals surface area (Å²) in [5, 5.41) is 1.18. The van der Waals surface area contributed by atoms with Crippen LogP contribution in [0.25, 0.3) is 10.9 Å². The lowest BCUT2D eigenvalue weighted by molar-refractivity contribution is 0.271. The number of rotatable bonds is 4. The van der Waals surface area contributed by atoms with Gasteiger partial charge in [0.05, 0.1) is 18.3 Å². The maximum Gasteiger partial charge on any atom is 0.0723 e. The van der Waals surface area contributed by atoms with Gasteiger partial charge in [-0.05, 0) is 49.7 Å². The fraction of sp³-hybridized carbons (Fsp3) is 0.400. The Labute approximate surface area is 113 Å². The number of pyridine rings is 1. The largest absolute Gasteiger partial charge is 0.299 e. The van der Waals surface area contributed by atoms with E-state index in [1.165, 1.54) is 36.9 Å². The molecule has 2 heterocycles. The topological polar surface area (TPSA) is 37.4 Å². The van der Waals surface area contributed by atoms with Gasteiger partial charge in [-0.3, -0.25) is 20.2 Å². The molecule has 0 spiro atoms. The Morgan fingerprint density at radius 3 is 2.89 bits per heavy atom. The minimum Gasteiger partial charge on any atom is -0.299 e. The maximum absolute atomic E-state index is 4.90. The summed E-state index contributed by atoms with van der Waals surface area (Å²) in [6, 6.07) is 8.32. The van der Waals surface area contributed by atoms with Gasteiger partial charge in [0.25, 0.3) is 0 Å². The number of nitrogens with one attached hydrogen (secondary N) is 1. The van der Waals surface area contributed by atoms with E-state index in [0.717, 1.165) is 17.7 Å². The average Bonchev–Trinajstić information content (AvgIpc) is 2.92. The summed E-state index contributed by atoms with van der Waals surface area (Å²) in [7, 11) is 1.61. The van der Waals surface area contributed by atoms with E-state index in [1.54, 1.807) is 7.11 Å². The van der Waals surface area contributed by atoms with Gasteiger partial charge in [-0.2, -0.15) is 0 Å². The molecule has 19 heavy (non-hydrogen) atoms. The number of benzene rings is 1. The second-order valence-corrected chi connectivity index (χ2v) is 5.04. The quantitative estimate of drug-likeness (QED) is 0.855. The fourth-order valence-electron chi connectivity index (χ4n) is 2.63. The minimum absolute atomic E-state index is 0.926. The number of nitrogens with zero attached hydrogens (tertiary/aromatic N) is 2. The molecule has 4 nitrogen and oxygen atoms in total. The Kier molecular flexibility index (Phi) is 3.62. The lowest BCUT2D eigenvalue weighted by atomic mass is 10.1. The minimum atomic E-state index is 0.926. The van der Waals surface area contributed by atoms with Crippen molar-refractivity contribution < 1.29 is 4.84 Å². The van der Waals surface area contributed by atoms with Gasteiger partial charge >= 0.3 is 0 Å². The molecule has 1 fully saturated rings. The summed E-state index contributed by atoms with van der Waals surface area (Å²) in [4.78, 5) is 11.9. The molecule has 0 saturated carbocycles. The highest BCUT2D eigenvalue weighted by Crippen LogP contribution is 2.20. The highest BCUT2D eigenvalue weighted by Gasteiger charge is 2.12. The molecule has 0 unspecified atom stereocenters. The highest BCUT2D eigenvalue weighted by molar-refractivity contribution is 5.82. The lowest BCUT2D eigenvalue weighted by Gasteiger charge is -2.14. The molecular weight excluding hydrogens is 238 g/mol. The van der Waals surface area contributed by atoms with Gasteiger partial charge in [0.1, 0.15) is 0 Å². The van der Waals surface area contributed by atoms with Crippen molar-refractivity contribution in [1.82, 2.24) is 9.88 Å². The first-order chi connectivity index (χ1) is 9.35. The van der Waals surface area contributed by atoms with Gasteiger partial charge in [0, 0.05) is 18.1 Å². The van der Waals surface area contributed by atoms with Crippen molar-refractivity contribution in [3.8, 4) is 0 Å². The molecule has 0 radical (unpaired) electrons. The van der Waals surface area contributed by atoms with Crippen molar-refractivity contribution in [2.75, 3.05) is 25.7 Å². The second-order valence-electron chi connectivity index (χ2n) is 5.04. The summed E-state index contributed by atoms with van der Waals surface area (Å²) < 4.78 is 0. The number of hydrogen-bond acceptors (Lipinski definition) is 4. The van der Waals surface area contributed by atoms with Crippen LogP contribution >= 0.6 is 0 Å². The van der Waals surface area contributed by atoms with Crippen LogP contribution in [0.4, 0.5) is 5.69 Å². The van der Waals surface area contributed by atoms with E-state index in [2.05, 4.69) is 27.5 Å². The number of anilines is 1. The second kappa shape index (κ2) is 5.55. The van der Waals surface area contributed by atoms with E-state index in [0.29, 0.717) is 0 Å². The molecule has 4 heteroatoms. The van der Waals surface area contributed by atoms with Gasteiger partial charge in [0.2, 0.25) is 0 Å². The first-order valence-electron chi connectivity index (χ1n) is 6.75. The summed E-state index contributed by atoms with van der Waals surface area (Å²) >= 11 is 0. The van der Waals surface area contributed by atoms with E-state index in [4.69, 9.17) is 4.84 Å². The predicted octanol–water partition coefficient (Wildman–Crippen LogP) is 2.80. The molecule has 1 aromatic heterocycles. The summed E-state index contributed by atoms with van der Waals surface area (Å²) in [5.41, 5.74) is 6.04. The van der Waals surface area contributed by atoms with Crippen LogP contribution in [0.3, 0.4) is 0 Å². The molecule has 0 amide bonds. The van der Waals surface area contributed by atoms with Crippen molar-refractivity contribution in [2.24, 2.45) is 0 Å². The molecule has 3 rings (SSSR count). The van der Waals surface area contributed by atoms with Crippen molar-refractivity contribution in [3.63, 3.8) is 0 Å². The van der Waals surface area contributed by atoms with E-state index in [-0.39, 0.29) is 0 Å². The van der Waals surface area contributed by atoms with Crippen LogP contribution in [0.2, 0.25) is 0 Å². The number of aromatic nitrogens is 1. The van der Waals surface area contributed by atoms with Gasteiger partial charge in [-0.15, -0.1) is 0 Å². The Morgan fingerprint density at radius 1 is 1.26 bits per heavy atom. The molecule has 2 aromatic rings. The van der Waals surface area contributed by atoms with Crippen molar-refractivity contribution in [2.45, 2.75) is 19.4 Å². The highest BCUT2D eigenvalue weighted by atomic mass is 16.6. The predicted molar refractivity (Wildman–Crippen MR) is 76.9 cm³/mol. The van der Waals surface area contributed by atoms with Crippen molar-refractivity contribution >= 4 is 16.6 Å². The van der Waals surface area contributed by atoms with Crippen LogP contribution in [0.1, 0.15) is 18.4 Å². The Hall–Kier alpha value is -1.65. The Balaban J connectivity index is 1.82. The summed E-state index contributed by atoms with van der Waals surface area (Å²) in [6.45, 7) is 3.45. The molecule has 1 saturated heterocycles. The molecule has 1 aromatic carbocycles. The summed E-state index contributed by atoms with van der Waals surface area (Å²) in [5.74, 6) is 0. The number of fused-ring (bicyclic) bond motifs is 1. The smallest absolute Gasteiger partial charge is 0.0723 e. The van der Waals surface area contributed by atoms with Crippen LogP contribution in [-0.4, -0.2) is 30.1 Å². The van der Waals surface area contributed by atoms with Gasteiger partial charge in [0.15, 0.2) is 0 Å². The van der Waals surface area contributed by atoms with Gasteiger partial charge < -0.3 is 0 Å². The zero-order valence-electron chi connectivity index (χ0n) is 11.2. The summed E-state index contributed by atoms with van der Waals surface area (Å²) in [6.07, 6.45) is 4.64. The monoisotopic (exact) mass is 257 g/mol. The van der Waals surface area contributed by atoms with E-state index < -0.39 is 0 Å². The molecular formula is C15H19N3O. The zero-order valence-corrected chi connectivity index (χ0v) is 11.2. The molecule has 1 aliphatic heterocycles. The standard InChI is InChI=1S/C15H19N3O/c1-19-17-14-5-4-13-8-12(10-16-15(13)9-14)11-18-6-2-3-7-18/h4-5,8-10,17H,2-3,6-7,11H2,1H3. The first kappa shape index (κ1) is 12.4. The zero-order chi connectivity index (χ0) is 13.1. The number of hydrogen-bond donors (Lipinski definition) is 1. The Morgan fingerprint density at radius 2 is 2.11 bits per heavy atom. The van der Waals surface area contributed by atoms with Gasteiger partial charge in [-0.1, -0.05) is 6.07 Å². The van der Waals surface area contributed by atoms with Crippen molar-refractivity contribution in [1.29, 1.82) is 0 Å². The first-order valence-corrected chi connectivity index (χ1v) is 6.75. The van der Waals surface area contributed by atoms with Crippen LogP contribution in [0, 0.1) is 0 Å². The van der Waals surface area contributed by atoms with Crippen LogP contribution < -0.4 is 5.48 Å². The third-order valence-electron chi connectivity index (χ3n) is 3.57.